The van der Waals surface area contributed by atoms with E-state index < -0.39 is 0 Å². The molecule has 0 bridgehead atoms. The van der Waals surface area contributed by atoms with Crippen LogP contribution in [0.2, 0.25) is 0 Å². The van der Waals surface area contributed by atoms with E-state index in [4.69, 9.17) is 10.5 Å². The number of methoxy groups -OCH3 is 1. The fourth-order valence-electron chi connectivity index (χ4n) is 2.16. The lowest BCUT2D eigenvalue weighted by Crippen LogP contribution is -1.98. The summed E-state index contributed by atoms with van der Waals surface area (Å²) >= 11 is 0. The molecule has 92 valence electrons. The Morgan fingerprint density at radius 2 is 2.17 bits per heavy atom. The fourth-order valence-corrected chi connectivity index (χ4v) is 2.16. The molecule has 0 aliphatic carbocycles. The second-order valence-corrected chi connectivity index (χ2v) is 4.19. The van der Waals surface area contributed by atoms with E-state index in [1.54, 1.807) is 11.8 Å². The molecule has 0 saturated carbocycles. The van der Waals surface area contributed by atoms with E-state index in [2.05, 4.69) is 16.1 Å². The van der Waals surface area contributed by atoms with Crippen LogP contribution in [0.15, 0.2) is 24.3 Å². The molecule has 2 N–H and O–H groups in total. The van der Waals surface area contributed by atoms with Crippen molar-refractivity contribution in [1.82, 2.24) is 14.8 Å². The number of aryl methyl sites for hydroxylation is 1. The summed E-state index contributed by atoms with van der Waals surface area (Å²) < 4.78 is 6.97. The van der Waals surface area contributed by atoms with Gasteiger partial charge in [-0.25, -0.2) is 4.98 Å². The second kappa shape index (κ2) is 3.96. The highest BCUT2D eigenvalue weighted by molar-refractivity contribution is 5.93. The molecule has 2 aromatic heterocycles. The summed E-state index contributed by atoms with van der Waals surface area (Å²) in [7, 11) is 3.52. The number of benzene rings is 1. The van der Waals surface area contributed by atoms with Crippen molar-refractivity contribution in [3.63, 3.8) is 0 Å². The van der Waals surface area contributed by atoms with Crippen LogP contribution >= 0.6 is 0 Å². The van der Waals surface area contributed by atoms with Crippen LogP contribution in [0.3, 0.4) is 0 Å². The van der Waals surface area contributed by atoms with E-state index in [0.717, 1.165) is 33.4 Å². The standard InChI is InChI=1S/C13H14N4O/c1-17-13-10(12(7-14)16-17)5-8-3-4-9(18-2)6-11(8)15-13/h3-6H,7,14H2,1-2H3. The van der Waals surface area contributed by atoms with Crippen LogP contribution in [0.5, 0.6) is 5.75 Å². The Labute approximate surface area is 104 Å². The molecule has 0 saturated heterocycles. The van der Waals surface area contributed by atoms with Gasteiger partial charge in [-0.3, -0.25) is 4.68 Å². The zero-order valence-electron chi connectivity index (χ0n) is 10.3. The molecule has 0 radical (unpaired) electrons. The molecule has 0 atom stereocenters. The van der Waals surface area contributed by atoms with Crippen LogP contribution in [-0.2, 0) is 13.6 Å². The molecule has 0 amide bonds. The Balaban J connectivity index is 2.37. The third-order valence-corrected chi connectivity index (χ3v) is 3.09. The van der Waals surface area contributed by atoms with Gasteiger partial charge in [-0.05, 0) is 18.2 Å². The van der Waals surface area contributed by atoms with Crippen LogP contribution in [0.1, 0.15) is 5.69 Å². The Bertz CT molecular complexity index is 733. The van der Waals surface area contributed by atoms with Crippen LogP contribution in [0.4, 0.5) is 0 Å². The maximum absolute atomic E-state index is 5.70. The quantitative estimate of drug-likeness (QED) is 0.741. The number of nitrogens with zero attached hydrogens (tertiary/aromatic N) is 3. The first-order valence-corrected chi connectivity index (χ1v) is 5.73. The van der Waals surface area contributed by atoms with Gasteiger partial charge < -0.3 is 10.5 Å². The van der Waals surface area contributed by atoms with E-state index in [-0.39, 0.29) is 0 Å². The van der Waals surface area contributed by atoms with Gasteiger partial charge in [-0.15, -0.1) is 0 Å². The molecule has 5 nitrogen and oxygen atoms in total. The first kappa shape index (κ1) is 11.0. The van der Waals surface area contributed by atoms with Crippen molar-refractivity contribution >= 4 is 21.9 Å². The minimum absolute atomic E-state index is 0.417. The number of pyridine rings is 1. The first-order valence-electron chi connectivity index (χ1n) is 5.73. The number of hydrogen-bond acceptors (Lipinski definition) is 4. The Morgan fingerprint density at radius 1 is 1.33 bits per heavy atom. The van der Waals surface area contributed by atoms with Crippen molar-refractivity contribution in [3.8, 4) is 5.75 Å². The predicted octanol–water partition coefficient (Wildman–Crippen LogP) is 1.59. The van der Waals surface area contributed by atoms with Gasteiger partial charge in [0.15, 0.2) is 5.65 Å². The van der Waals surface area contributed by atoms with E-state index in [1.165, 1.54) is 0 Å². The Hall–Kier alpha value is -2.14. The van der Waals surface area contributed by atoms with Gasteiger partial charge in [0.25, 0.3) is 0 Å². The third-order valence-electron chi connectivity index (χ3n) is 3.09. The van der Waals surface area contributed by atoms with Gasteiger partial charge in [0, 0.05) is 30.4 Å². The summed E-state index contributed by atoms with van der Waals surface area (Å²) in [5, 5.41) is 6.44. The summed E-state index contributed by atoms with van der Waals surface area (Å²) in [6, 6.07) is 7.92. The third kappa shape index (κ3) is 1.52. The lowest BCUT2D eigenvalue weighted by molar-refractivity contribution is 0.415. The number of nitrogens with two attached hydrogens (primary N) is 1. The van der Waals surface area contributed by atoms with E-state index >= 15 is 0 Å². The van der Waals surface area contributed by atoms with Crippen molar-refractivity contribution in [2.24, 2.45) is 12.8 Å². The molecule has 5 heteroatoms. The number of hydrogen-bond donors (Lipinski definition) is 1. The monoisotopic (exact) mass is 242 g/mol. The highest BCUT2D eigenvalue weighted by atomic mass is 16.5. The fraction of sp³-hybridized carbons (Fsp3) is 0.231. The summed E-state index contributed by atoms with van der Waals surface area (Å²) in [5.41, 5.74) is 8.31. The Morgan fingerprint density at radius 3 is 2.89 bits per heavy atom. The zero-order valence-corrected chi connectivity index (χ0v) is 10.3. The molecule has 3 aromatic rings. The highest BCUT2D eigenvalue weighted by Gasteiger charge is 2.10. The van der Waals surface area contributed by atoms with Crippen LogP contribution in [-0.4, -0.2) is 21.9 Å². The second-order valence-electron chi connectivity index (χ2n) is 4.19. The average molecular weight is 242 g/mol. The maximum atomic E-state index is 5.70. The topological polar surface area (TPSA) is 66.0 Å². The van der Waals surface area contributed by atoms with Crippen molar-refractivity contribution in [2.75, 3.05) is 7.11 Å². The number of ether oxygens (including phenoxy) is 1. The summed E-state index contributed by atoms with van der Waals surface area (Å²) in [6.45, 7) is 0.417. The Kier molecular flexibility index (Phi) is 2.41. The van der Waals surface area contributed by atoms with Gasteiger partial charge >= 0.3 is 0 Å². The molecule has 0 aliphatic heterocycles. The number of fused-ring (bicyclic) bond motifs is 2. The lowest BCUT2D eigenvalue weighted by Gasteiger charge is -2.02. The van der Waals surface area contributed by atoms with Gasteiger partial charge in [0.05, 0.1) is 18.3 Å². The smallest absolute Gasteiger partial charge is 0.158 e. The molecule has 1 aromatic carbocycles. The van der Waals surface area contributed by atoms with E-state index in [9.17, 15) is 0 Å². The first-order chi connectivity index (χ1) is 8.72. The van der Waals surface area contributed by atoms with Crippen molar-refractivity contribution in [2.45, 2.75) is 6.54 Å². The maximum Gasteiger partial charge on any atom is 0.158 e. The van der Waals surface area contributed by atoms with Crippen LogP contribution < -0.4 is 10.5 Å². The normalized spacial score (nSPS) is 11.3. The minimum Gasteiger partial charge on any atom is -0.497 e. The molecule has 18 heavy (non-hydrogen) atoms. The molecular weight excluding hydrogens is 228 g/mol. The predicted molar refractivity (Wildman–Crippen MR) is 70.5 cm³/mol. The number of aromatic nitrogens is 3. The van der Waals surface area contributed by atoms with Crippen molar-refractivity contribution in [1.29, 1.82) is 0 Å². The minimum atomic E-state index is 0.417. The molecule has 0 aliphatic rings. The lowest BCUT2D eigenvalue weighted by atomic mass is 10.1. The zero-order chi connectivity index (χ0) is 12.7. The van der Waals surface area contributed by atoms with Crippen LogP contribution in [0.25, 0.3) is 21.9 Å². The van der Waals surface area contributed by atoms with Gasteiger partial charge in [-0.1, -0.05) is 0 Å². The van der Waals surface area contributed by atoms with E-state index in [0.29, 0.717) is 6.54 Å². The van der Waals surface area contributed by atoms with Gasteiger partial charge in [0.1, 0.15) is 5.75 Å². The molecule has 3 rings (SSSR count). The van der Waals surface area contributed by atoms with Gasteiger partial charge in [-0.2, -0.15) is 5.10 Å². The average Bonchev–Trinajstić information content (AvgIpc) is 2.72. The molecule has 2 heterocycles. The summed E-state index contributed by atoms with van der Waals surface area (Å²) in [4.78, 5) is 4.62. The number of rotatable bonds is 2. The SMILES string of the molecule is COc1ccc2cc3c(CN)nn(C)c3nc2c1. The molecule has 0 unspecified atom stereocenters. The molecule has 0 spiro atoms. The largest absolute Gasteiger partial charge is 0.497 e. The van der Waals surface area contributed by atoms with Crippen molar-refractivity contribution < 1.29 is 4.74 Å². The van der Waals surface area contributed by atoms with E-state index in [1.807, 2.05) is 25.2 Å². The summed E-state index contributed by atoms with van der Waals surface area (Å²) in [5.74, 6) is 0.801. The molecule has 0 fully saturated rings. The van der Waals surface area contributed by atoms with Crippen LogP contribution in [0, 0.1) is 0 Å². The molecular formula is C13H14N4O. The highest BCUT2D eigenvalue weighted by Crippen LogP contribution is 2.24. The van der Waals surface area contributed by atoms with Gasteiger partial charge in [0.2, 0.25) is 0 Å². The summed E-state index contributed by atoms with van der Waals surface area (Å²) in [6.07, 6.45) is 0. The van der Waals surface area contributed by atoms with Crippen molar-refractivity contribution in [3.05, 3.63) is 30.0 Å².